The van der Waals surface area contributed by atoms with Crippen molar-refractivity contribution in [3.05, 3.63) is 55.0 Å². The van der Waals surface area contributed by atoms with Crippen LogP contribution in [0.2, 0.25) is 0 Å². The van der Waals surface area contributed by atoms with E-state index in [1.165, 1.54) is 19.3 Å². The Morgan fingerprint density at radius 3 is 2.00 bits per heavy atom. The van der Waals surface area contributed by atoms with E-state index in [-0.39, 0.29) is 22.6 Å². The van der Waals surface area contributed by atoms with Gasteiger partial charge < -0.3 is 20.1 Å². The van der Waals surface area contributed by atoms with Crippen molar-refractivity contribution in [2.75, 3.05) is 7.11 Å². The Bertz CT molecular complexity index is 956. The van der Waals surface area contributed by atoms with Crippen LogP contribution in [0.15, 0.2) is 27.2 Å². The molecule has 2 aromatic rings. The van der Waals surface area contributed by atoms with Crippen molar-refractivity contribution in [1.29, 1.82) is 0 Å². The number of allylic oxidation sites excluding steroid dienone is 1. The molecule has 3 N–H and O–H groups in total. The van der Waals surface area contributed by atoms with Gasteiger partial charge in [0.05, 0.1) is 21.6 Å². The molecule has 0 radical (unpaired) electrons. The Hall–Kier alpha value is -2.32. The molecule has 0 saturated carbocycles. The minimum absolute atomic E-state index is 0.0255. The molecule has 0 atom stereocenters. The van der Waals surface area contributed by atoms with E-state index in [1.807, 2.05) is 0 Å². The lowest BCUT2D eigenvalue weighted by atomic mass is 9.93. The van der Waals surface area contributed by atoms with Crippen LogP contribution in [0.1, 0.15) is 37.4 Å². The third kappa shape index (κ3) is 4.01. The number of carboxylic acids is 1. The summed E-state index contributed by atoms with van der Waals surface area (Å²) in [6.45, 7) is 3.12. The fourth-order valence-electron chi connectivity index (χ4n) is 2.65. The predicted molar refractivity (Wildman–Crippen MR) is 108 cm³/mol. The number of methoxy groups -OCH3 is 1. The molecule has 0 saturated heterocycles. The van der Waals surface area contributed by atoms with Gasteiger partial charge in [0.1, 0.15) is 11.3 Å². The second-order valence-corrected chi connectivity index (χ2v) is 7.43. The van der Waals surface area contributed by atoms with Crippen LogP contribution in [0.5, 0.6) is 17.2 Å². The molecular formula is C19H16Br2O6. The van der Waals surface area contributed by atoms with E-state index in [0.717, 1.165) is 0 Å². The van der Waals surface area contributed by atoms with Crippen LogP contribution in [0.3, 0.4) is 0 Å². The first-order valence-corrected chi connectivity index (χ1v) is 9.22. The minimum Gasteiger partial charge on any atom is -0.506 e. The third-order valence-electron chi connectivity index (χ3n) is 4.12. The molecule has 0 amide bonds. The summed E-state index contributed by atoms with van der Waals surface area (Å²) in [6.07, 6.45) is 2.77. The number of phenolic OH excluding ortho intramolecular Hbond substituents is 2. The van der Waals surface area contributed by atoms with E-state index in [2.05, 4.69) is 31.9 Å². The van der Waals surface area contributed by atoms with E-state index in [4.69, 9.17) is 4.74 Å². The Labute approximate surface area is 172 Å². The lowest BCUT2D eigenvalue weighted by Crippen LogP contribution is -2.10. The highest BCUT2D eigenvalue weighted by Crippen LogP contribution is 2.39. The molecule has 142 valence electrons. The number of rotatable bonds is 5. The number of hydrogen-bond donors (Lipinski definition) is 3. The SMILES string of the molecule is COc1c(O)c(C(=O)C=Cc2cc(Br)c(O)c(Br)c2)c(C)c(C)c1C(=O)O. The fraction of sp³-hybridized carbons (Fsp3) is 0.158. The molecule has 0 aliphatic heterocycles. The Balaban J connectivity index is 2.54. The van der Waals surface area contributed by atoms with Crippen LogP contribution in [-0.2, 0) is 0 Å². The number of benzene rings is 2. The number of halogens is 2. The molecule has 2 rings (SSSR count). The molecule has 0 aliphatic rings. The highest BCUT2D eigenvalue weighted by atomic mass is 79.9. The molecule has 0 aliphatic carbocycles. The third-order valence-corrected chi connectivity index (χ3v) is 5.33. The van der Waals surface area contributed by atoms with Crippen LogP contribution in [-0.4, -0.2) is 34.2 Å². The lowest BCUT2D eigenvalue weighted by Gasteiger charge is -2.16. The number of carbonyl (C=O) groups excluding carboxylic acids is 1. The van der Waals surface area contributed by atoms with Crippen LogP contribution in [0, 0.1) is 13.8 Å². The van der Waals surface area contributed by atoms with Gasteiger partial charge in [-0.3, -0.25) is 4.79 Å². The molecule has 8 heteroatoms. The van der Waals surface area contributed by atoms with Gasteiger partial charge >= 0.3 is 5.97 Å². The molecule has 0 aromatic heterocycles. The van der Waals surface area contributed by atoms with Crippen LogP contribution in [0.25, 0.3) is 6.08 Å². The molecule has 27 heavy (non-hydrogen) atoms. The largest absolute Gasteiger partial charge is 0.506 e. The molecule has 0 unspecified atom stereocenters. The molecule has 0 heterocycles. The van der Waals surface area contributed by atoms with Gasteiger partial charge in [0.25, 0.3) is 0 Å². The topological polar surface area (TPSA) is 104 Å². The zero-order valence-corrected chi connectivity index (χ0v) is 17.8. The highest BCUT2D eigenvalue weighted by Gasteiger charge is 2.26. The zero-order valence-electron chi connectivity index (χ0n) is 14.6. The fourth-order valence-corrected chi connectivity index (χ4v) is 3.87. The van der Waals surface area contributed by atoms with Crippen LogP contribution >= 0.6 is 31.9 Å². The van der Waals surface area contributed by atoms with E-state index in [1.54, 1.807) is 26.0 Å². The van der Waals surface area contributed by atoms with Crippen LogP contribution in [0.4, 0.5) is 0 Å². The van der Waals surface area contributed by atoms with Gasteiger partial charge in [0, 0.05) is 0 Å². The van der Waals surface area contributed by atoms with Gasteiger partial charge in [0.2, 0.25) is 0 Å². The molecule has 0 spiro atoms. The maximum absolute atomic E-state index is 12.7. The molecule has 2 aromatic carbocycles. The smallest absolute Gasteiger partial charge is 0.339 e. The molecule has 0 fully saturated rings. The number of aromatic hydroxyl groups is 2. The minimum atomic E-state index is -1.25. The molecular weight excluding hydrogens is 484 g/mol. The van der Waals surface area contributed by atoms with Crippen molar-refractivity contribution in [3.63, 3.8) is 0 Å². The normalized spacial score (nSPS) is 11.0. The Morgan fingerprint density at radius 1 is 1.00 bits per heavy atom. The first-order valence-electron chi connectivity index (χ1n) is 7.63. The van der Waals surface area contributed by atoms with Crippen molar-refractivity contribution in [2.45, 2.75) is 13.8 Å². The average Bonchev–Trinajstić information content (AvgIpc) is 2.60. The van der Waals surface area contributed by atoms with E-state index in [9.17, 15) is 24.9 Å². The van der Waals surface area contributed by atoms with Gasteiger partial charge in [-0.15, -0.1) is 0 Å². The van der Waals surface area contributed by atoms with Gasteiger partial charge in [-0.2, -0.15) is 0 Å². The van der Waals surface area contributed by atoms with Crippen LogP contribution < -0.4 is 4.74 Å². The number of ketones is 1. The first-order chi connectivity index (χ1) is 12.6. The van der Waals surface area contributed by atoms with E-state index < -0.39 is 17.5 Å². The van der Waals surface area contributed by atoms with Gasteiger partial charge in [-0.05, 0) is 80.6 Å². The maximum atomic E-state index is 12.7. The summed E-state index contributed by atoms with van der Waals surface area (Å²) in [6, 6.07) is 3.24. The van der Waals surface area contributed by atoms with E-state index in [0.29, 0.717) is 25.6 Å². The summed E-state index contributed by atoms with van der Waals surface area (Å²) < 4.78 is 5.92. The summed E-state index contributed by atoms with van der Waals surface area (Å²) in [5.41, 5.74) is 1.11. The van der Waals surface area contributed by atoms with Gasteiger partial charge in [-0.25, -0.2) is 4.79 Å². The van der Waals surface area contributed by atoms with E-state index >= 15 is 0 Å². The second kappa shape index (κ2) is 8.14. The standard InChI is InChI=1S/C19H16Br2O6/c1-8-9(2)15(19(25)26)18(27-3)17(24)14(8)13(22)5-4-10-6-11(20)16(23)12(21)7-10/h4-7,23-24H,1-3H3,(H,25,26). The van der Waals surface area contributed by atoms with Gasteiger partial charge in [0.15, 0.2) is 17.3 Å². The summed E-state index contributed by atoms with van der Waals surface area (Å²) in [7, 11) is 1.23. The average molecular weight is 500 g/mol. The predicted octanol–water partition coefficient (Wildman–Crippen LogP) is 4.84. The number of hydrogen-bond acceptors (Lipinski definition) is 5. The lowest BCUT2D eigenvalue weighted by molar-refractivity contribution is 0.0690. The Kier molecular flexibility index (Phi) is 6.33. The van der Waals surface area contributed by atoms with Crippen molar-refractivity contribution >= 4 is 49.7 Å². The number of carboxylic acid groups (broad SMARTS) is 1. The zero-order chi connectivity index (χ0) is 20.5. The highest BCUT2D eigenvalue weighted by molar-refractivity contribution is 9.11. The Morgan fingerprint density at radius 2 is 1.52 bits per heavy atom. The summed E-state index contributed by atoms with van der Waals surface area (Å²) in [4.78, 5) is 24.1. The number of carbonyl (C=O) groups is 2. The number of ether oxygens (including phenoxy) is 1. The summed E-state index contributed by atoms with van der Waals surface area (Å²) >= 11 is 6.42. The summed E-state index contributed by atoms with van der Waals surface area (Å²) in [5.74, 6) is -2.49. The van der Waals surface area contributed by atoms with Crippen molar-refractivity contribution in [2.24, 2.45) is 0 Å². The summed E-state index contributed by atoms with van der Waals surface area (Å²) in [5, 5.41) is 29.5. The molecule has 0 bridgehead atoms. The number of phenols is 2. The maximum Gasteiger partial charge on any atom is 0.339 e. The number of aromatic carboxylic acids is 1. The second-order valence-electron chi connectivity index (χ2n) is 5.72. The quantitative estimate of drug-likeness (QED) is 0.401. The first kappa shape index (κ1) is 21.0. The van der Waals surface area contributed by atoms with Gasteiger partial charge in [-0.1, -0.05) is 6.08 Å². The van der Waals surface area contributed by atoms with Crippen molar-refractivity contribution < 1.29 is 29.6 Å². The van der Waals surface area contributed by atoms with Crippen molar-refractivity contribution in [1.82, 2.24) is 0 Å². The monoisotopic (exact) mass is 498 g/mol. The molecule has 6 nitrogen and oxygen atoms in total. The van der Waals surface area contributed by atoms with Crippen molar-refractivity contribution in [3.8, 4) is 17.2 Å².